The largest absolute Gasteiger partial charge is 0.493 e. The van der Waals surface area contributed by atoms with Gasteiger partial charge in [-0.3, -0.25) is 0 Å². The monoisotopic (exact) mass is 282 g/mol. The van der Waals surface area contributed by atoms with Crippen molar-refractivity contribution in [3.63, 3.8) is 0 Å². The van der Waals surface area contributed by atoms with Gasteiger partial charge in [0.05, 0.1) is 12.5 Å². The summed E-state index contributed by atoms with van der Waals surface area (Å²) in [6.45, 7) is -1.56. The number of benzene rings is 1. The fourth-order valence-corrected chi connectivity index (χ4v) is 1.47. The summed E-state index contributed by atoms with van der Waals surface area (Å²) in [7, 11) is 0. The molecule has 1 saturated carbocycles. The minimum atomic E-state index is -4.42. The number of alkyl halides is 5. The Kier molecular flexibility index (Phi) is 3.56. The summed E-state index contributed by atoms with van der Waals surface area (Å²) >= 11 is 0. The second-order valence-corrected chi connectivity index (χ2v) is 4.35. The van der Waals surface area contributed by atoms with Gasteiger partial charge in [0.2, 0.25) is 0 Å². The van der Waals surface area contributed by atoms with Crippen LogP contribution in [0.4, 0.5) is 22.0 Å². The summed E-state index contributed by atoms with van der Waals surface area (Å²) in [5.74, 6) is -3.29. The summed E-state index contributed by atoms with van der Waals surface area (Å²) in [6, 6.07) is 5.49. The average Bonchev–Trinajstić information content (AvgIpc) is 2.92. The van der Waals surface area contributed by atoms with E-state index >= 15 is 0 Å². The molecule has 0 heterocycles. The molecule has 2 rings (SSSR count). The van der Waals surface area contributed by atoms with E-state index in [0.29, 0.717) is 0 Å². The third-order valence-electron chi connectivity index (χ3n) is 2.61. The van der Waals surface area contributed by atoms with Gasteiger partial charge in [-0.15, -0.1) is 0 Å². The highest BCUT2D eigenvalue weighted by Crippen LogP contribution is 2.48. The Morgan fingerprint density at radius 3 is 2.26 bits per heavy atom. The molecule has 7 heteroatoms. The van der Waals surface area contributed by atoms with Gasteiger partial charge in [-0.25, -0.2) is 8.78 Å². The molecule has 1 fully saturated rings. The minimum Gasteiger partial charge on any atom is -0.493 e. The van der Waals surface area contributed by atoms with Crippen LogP contribution in [0.25, 0.3) is 0 Å². The molecule has 19 heavy (non-hydrogen) atoms. The minimum absolute atomic E-state index is 0.0163. The van der Waals surface area contributed by atoms with Crippen LogP contribution < -0.4 is 9.47 Å². The predicted octanol–water partition coefficient (Wildman–Crippen LogP) is 3.66. The van der Waals surface area contributed by atoms with Gasteiger partial charge in [-0.1, -0.05) is 6.07 Å². The molecule has 1 aromatic rings. The molecule has 0 radical (unpaired) electrons. The fourth-order valence-electron chi connectivity index (χ4n) is 1.47. The SMILES string of the molecule is FC(F)(F)COc1cccc(OC[C@H]2CC2(F)F)c1. The van der Waals surface area contributed by atoms with Crippen LogP contribution in [0.15, 0.2) is 24.3 Å². The Morgan fingerprint density at radius 1 is 1.16 bits per heavy atom. The van der Waals surface area contributed by atoms with Gasteiger partial charge in [0, 0.05) is 12.5 Å². The van der Waals surface area contributed by atoms with Crippen molar-refractivity contribution in [2.45, 2.75) is 18.5 Å². The first-order valence-electron chi connectivity index (χ1n) is 5.56. The molecule has 0 bridgehead atoms. The highest BCUT2D eigenvalue weighted by atomic mass is 19.4. The lowest BCUT2D eigenvalue weighted by Crippen LogP contribution is -2.19. The molecule has 0 aliphatic heterocycles. The number of hydrogen-bond acceptors (Lipinski definition) is 2. The van der Waals surface area contributed by atoms with E-state index in [1.807, 2.05) is 0 Å². The lowest BCUT2D eigenvalue weighted by molar-refractivity contribution is -0.153. The van der Waals surface area contributed by atoms with Crippen molar-refractivity contribution in [3.8, 4) is 11.5 Å². The molecule has 0 unspecified atom stereocenters. The molecule has 0 spiro atoms. The molecular weight excluding hydrogens is 271 g/mol. The lowest BCUT2D eigenvalue weighted by Gasteiger charge is -2.11. The van der Waals surface area contributed by atoms with Gasteiger partial charge in [-0.05, 0) is 12.1 Å². The van der Waals surface area contributed by atoms with E-state index < -0.39 is 24.6 Å². The highest BCUT2D eigenvalue weighted by Gasteiger charge is 2.57. The fraction of sp³-hybridized carbons (Fsp3) is 0.500. The van der Waals surface area contributed by atoms with Crippen molar-refractivity contribution in [1.29, 1.82) is 0 Å². The van der Waals surface area contributed by atoms with Gasteiger partial charge in [-0.2, -0.15) is 13.2 Å². The molecule has 0 amide bonds. The Bertz CT molecular complexity index is 444. The van der Waals surface area contributed by atoms with Crippen LogP contribution in [0.2, 0.25) is 0 Å². The Labute approximate surface area is 106 Å². The van der Waals surface area contributed by atoms with Gasteiger partial charge in [0.25, 0.3) is 5.92 Å². The van der Waals surface area contributed by atoms with Crippen LogP contribution in [-0.4, -0.2) is 25.3 Å². The first-order valence-corrected chi connectivity index (χ1v) is 5.56. The maximum Gasteiger partial charge on any atom is 0.422 e. The number of hydrogen-bond donors (Lipinski definition) is 0. The quantitative estimate of drug-likeness (QED) is 0.767. The van der Waals surface area contributed by atoms with Crippen LogP contribution >= 0.6 is 0 Å². The predicted molar refractivity (Wildman–Crippen MR) is 56.5 cm³/mol. The van der Waals surface area contributed by atoms with Crippen LogP contribution in [0.3, 0.4) is 0 Å². The molecule has 0 aromatic heterocycles. The Hall–Kier alpha value is -1.53. The molecule has 1 aliphatic carbocycles. The van der Waals surface area contributed by atoms with Gasteiger partial charge >= 0.3 is 6.18 Å². The molecular formula is C12H11F5O2. The van der Waals surface area contributed by atoms with Crippen molar-refractivity contribution in [2.75, 3.05) is 13.2 Å². The first kappa shape index (κ1) is 13.9. The lowest BCUT2D eigenvalue weighted by atomic mass is 10.3. The number of ether oxygens (including phenoxy) is 2. The number of rotatable bonds is 5. The van der Waals surface area contributed by atoms with Crippen molar-refractivity contribution in [1.82, 2.24) is 0 Å². The van der Waals surface area contributed by atoms with E-state index in [0.717, 1.165) is 0 Å². The van der Waals surface area contributed by atoms with Gasteiger partial charge < -0.3 is 9.47 Å². The molecule has 1 aromatic carbocycles. The molecule has 106 valence electrons. The van der Waals surface area contributed by atoms with Crippen LogP contribution in [0, 0.1) is 5.92 Å². The van der Waals surface area contributed by atoms with E-state index in [4.69, 9.17) is 4.74 Å². The van der Waals surface area contributed by atoms with Crippen molar-refractivity contribution >= 4 is 0 Å². The molecule has 0 N–H and O–H groups in total. The van der Waals surface area contributed by atoms with E-state index in [9.17, 15) is 22.0 Å². The van der Waals surface area contributed by atoms with Crippen molar-refractivity contribution in [3.05, 3.63) is 24.3 Å². The Morgan fingerprint density at radius 2 is 1.74 bits per heavy atom. The molecule has 1 atom stereocenters. The Balaban J connectivity index is 1.85. The van der Waals surface area contributed by atoms with Crippen LogP contribution in [0.5, 0.6) is 11.5 Å². The zero-order valence-corrected chi connectivity index (χ0v) is 9.71. The van der Waals surface area contributed by atoms with E-state index in [-0.39, 0.29) is 24.5 Å². The maximum absolute atomic E-state index is 12.6. The van der Waals surface area contributed by atoms with Crippen LogP contribution in [-0.2, 0) is 0 Å². The third-order valence-corrected chi connectivity index (χ3v) is 2.61. The normalized spacial score (nSPS) is 21.0. The van der Waals surface area contributed by atoms with Gasteiger partial charge in [0.1, 0.15) is 11.5 Å². The molecule has 0 saturated heterocycles. The second kappa shape index (κ2) is 4.86. The summed E-state index contributed by atoms with van der Waals surface area (Å²) in [6.07, 6.45) is -4.63. The first-order chi connectivity index (χ1) is 8.76. The zero-order valence-electron chi connectivity index (χ0n) is 9.71. The second-order valence-electron chi connectivity index (χ2n) is 4.35. The van der Waals surface area contributed by atoms with Crippen LogP contribution in [0.1, 0.15) is 6.42 Å². The van der Waals surface area contributed by atoms with Crippen molar-refractivity contribution in [2.24, 2.45) is 5.92 Å². The van der Waals surface area contributed by atoms with E-state index in [1.54, 1.807) is 0 Å². The number of halogens is 5. The van der Waals surface area contributed by atoms with Gasteiger partial charge in [0.15, 0.2) is 6.61 Å². The molecule has 1 aliphatic rings. The average molecular weight is 282 g/mol. The molecule has 2 nitrogen and oxygen atoms in total. The third kappa shape index (κ3) is 4.25. The summed E-state index contributed by atoms with van der Waals surface area (Å²) in [5, 5.41) is 0. The van der Waals surface area contributed by atoms with E-state index in [2.05, 4.69) is 4.74 Å². The standard InChI is InChI=1S/C12H11F5O2/c13-11(14)5-8(11)6-18-9-2-1-3-10(4-9)19-7-12(15,16)17/h1-4,8H,5-7H2/t8-/m1/s1. The summed E-state index contributed by atoms with van der Waals surface area (Å²) < 4.78 is 70.7. The topological polar surface area (TPSA) is 18.5 Å². The highest BCUT2D eigenvalue weighted by molar-refractivity contribution is 5.33. The smallest absolute Gasteiger partial charge is 0.422 e. The van der Waals surface area contributed by atoms with Crippen molar-refractivity contribution < 1.29 is 31.4 Å². The maximum atomic E-state index is 12.6. The summed E-state index contributed by atoms with van der Waals surface area (Å²) in [4.78, 5) is 0. The summed E-state index contributed by atoms with van der Waals surface area (Å²) in [5.41, 5.74) is 0. The van der Waals surface area contributed by atoms with E-state index in [1.165, 1.54) is 24.3 Å². The zero-order chi connectivity index (χ0) is 14.1.